The zero-order valence-corrected chi connectivity index (χ0v) is 45.5. The molecule has 16 aromatic rings. The lowest BCUT2D eigenvalue weighted by Gasteiger charge is -2.13. The van der Waals surface area contributed by atoms with E-state index >= 15 is 4.79 Å². The first kappa shape index (κ1) is 48.5. The van der Waals surface area contributed by atoms with Gasteiger partial charge in [0.1, 0.15) is 0 Å². The van der Waals surface area contributed by atoms with Gasteiger partial charge in [-0.1, -0.05) is 194 Å². The van der Waals surface area contributed by atoms with Crippen molar-refractivity contribution in [2.45, 2.75) is 0 Å². The summed E-state index contributed by atoms with van der Waals surface area (Å²) in [4.78, 5) is 25.8. The topological polar surface area (TPSA) is 62.6 Å². The van der Waals surface area contributed by atoms with E-state index in [4.69, 9.17) is 9.97 Å². The van der Waals surface area contributed by atoms with Gasteiger partial charge in [-0.2, -0.15) is 0 Å². The number of imidazole rings is 1. The Labute approximate surface area is 484 Å². The maximum Gasteiger partial charge on any atom is 0.338 e. The molecule has 0 atom stereocenters. The van der Waals surface area contributed by atoms with Crippen LogP contribution in [0.2, 0.25) is 0 Å². The highest BCUT2D eigenvalue weighted by atomic mass is 16.1. The van der Waals surface area contributed by atoms with E-state index in [1.165, 1.54) is 21.5 Å². The molecule has 0 bridgehead atoms. The van der Waals surface area contributed by atoms with Crippen molar-refractivity contribution in [1.82, 2.24) is 28.2 Å². The molecule has 7 heteroatoms. The number of hydrogen-bond acceptors (Lipinski definition) is 3. The molecule has 5 heterocycles. The number of fused-ring (bicyclic) bond motifs is 7. The number of rotatable bonds is 10. The molecule has 0 N–H and O–H groups in total. The second kappa shape index (κ2) is 20.0. The van der Waals surface area contributed by atoms with E-state index in [-0.39, 0.29) is 5.69 Å². The Morgan fingerprint density at radius 2 is 0.500 bits per heavy atom. The molecule has 0 fully saturated rings. The molecular formula is C77H50N6O. The lowest BCUT2D eigenvalue weighted by Crippen LogP contribution is -2.22. The molecule has 11 aromatic carbocycles. The SMILES string of the molecule is O=c1n(-c2ccc(-c3cc(-c4ccccc4)cc(-c4cccc(-n5c6ccccc6c6ccccc65)c4)n3)cc2)c2ccccc2n1-c1ccc(-c2cc(-c3ccccc3)cc(-c3cccc(-n4c5ccccc5c5ccccc54)c3)n2)cc1. The summed E-state index contributed by atoms with van der Waals surface area (Å²) < 4.78 is 8.29. The lowest BCUT2D eigenvalue weighted by molar-refractivity contribution is 0.931. The van der Waals surface area contributed by atoms with Gasteiger partial charge in [-0.15, -0.1) is 0 Å². The summed E-state index contributed by atoms with van der Waals surface area (Å²) in [6.45, 7) is 0. The minimum absolute atomic E-state index is 0.166. The van der Waals surface area contributed by atoms with Gasteiger partial charge in [0, 0.05) is 55.2 Å². The van der Waals surface area contributed by atoms with Crippen LogP contribution in [0.25, 0.3) is 145 Å². The van der Waals surface area contributed by atoms with E-state index in [1.807, 2.05) is 60.7 Å². The number of hydrogen-bond donors (Lipinski definition) is 0. The van der Waals surface area contributed by atoms with Gasteiger partial charge in [-0.25, -0.2) is 14.8 Å². The van der Waals surface area contributed by atoms with Crippen LogP contribution in [0.1, 0.15) is 0 Å². The smallest absolute Gasteiger partial charge is 0.309 e. The summed E-state index contributed by atoms with van der Waals surface area (Å²) in [7, 11) is 0. The van der Waals surface area contributed by atoms with E-state index in [0.717, 1.165) is 123 Å². The van der Waals surface area contributed by atoms with Gasteiger partial charge in [0.25, 0.3) is 0 Å². The fraction of sp³-hybridized carbons (Fsp3) is 0. The first-order valence-corrected chi connectivity index (χ1v) is 28.3. The monoisotopic (exact) mass is 1070 g/mol. The molecule has 7 nitrogen and oxygen atoms in total. The fourth-order valence-corrected chi connectivity index (χ4v) is 12.5. The van der Waals surface area contributed by atoms with Crippen LogP contribution in [0, 0.1) is 0 Å². The first-order chi connectivity index (χ1) is 41.6. The standard InChI is InChI=1S/C77H50N6O/c84-77-82(59-41-37-53(38-42-59)67-47-57(51-19-3-1-4-20-51)49-69(78-67)55-23-17-25-61(45-55)80-71-31-11-7-27-63(71)64-28-8-12-32-72(64)80)75-35-15-16-36-76(75)83(77)60-43-39-54(40-44-60)68-48-58(52-21-5-2-6-22-52)50-70(79-68)56-24-18-26-62(46-56)81-73-33-13-9-29-65(73)66-30-10-14-34-74(66)81/h1-50H. The normalized spacial score (nSPS) is 11.6. The minimum atomic E-state index is -0.166. The number of benzene rings is 11. The molecule has 0 unspecified atom stereocenters. The number of aromatic nitrogens is 6. The van der Waals surface area contributed by atoms with Crippen LogP contribution in [0.15, 0.2) is 308 Å². The van der Waals surface area contributed by atoms with Gasteiger partial charge in [-0.3, -0.25) is 9.13 Å². The van der Waals surface area contributed by atoms with Crippen molar-refractivity contribution < 1.29 is 0 Å². The van der Waals surface area contributed by atoms with E-state index < -0.39 is 0 Å². The van der Waals surface area contributed by atoms with Crippen LogP contribution in [-0.2, 0) is 0 Å². The zero-order valence-electron chi connectivity index (χ0n) is 45.5. The molecule has 0 saturated heterocycles. The maximum atomic E-state index is 15.0. The molecule has 84 heavy (non-hydrogen) atoms. The van der Waals surface area contributed by atoms with Gasteiger partial charge in [0.2, 0.25) is 0 Å². The maximum absolute atomic E-state index is 15.0. The molecule has 5 aromatic heterocycles. The predicted molar refractivity (Wildman–Crippen MR) is 346 cm³/mol. The molecule has 0 saturated carbocycles. The van der Waals surface area contributed by atoms with Gasteiger partial charge in [0.05, 0.1) is 67.3 Å². The van der Waals surface area contributed by atoms with Crippen LogP contribution >= 0.6 is 0 Å². The Bertz CT molecular complexity index is 4830. The zero-order chi connectivity index (χ0) is 55.7. The Morgan fingerprint density at radius 3 is 0.857 bits per heavy atom. The van der Waals surface area contributed by atoms with Gasteiger partial charge >= 0.3 is 5.69 Å². The Balaban J connectivity index is 0.747. The van der Waals surface area contributed by atoms with Crippen LogP contribution in [0.3, 0.4) is 0 Å². The number of pyridine rings is 2. The van der Waals surface area contributed by atoms with Crippen LogP contribution in [0.4, 0.5) is 0 Å². The summed E-state index contributed by atoms with van der Waals surface area (Å²) in [6, 6.07) is 106. The quantitative estimate of drug-likeness (QED) is 0.137. The first-order valence-electron chi connectivity index (χ1n) is 28.3. The third-order valence-electron chi connectivity index (χ3n) is 16.4. The largest absolute Gasteiger partial charge is 0.338 e. The molecule has 0 aliphatic carbocycles. The van der Waals surface area contributed by atoms with Crippen molar-refractivity contribution in [2.75, 3.05) is 0 Å². The highest BCUT2D eigenvalue weighted by Gasteiger charge is 2.20. The molecule has 0 aliphatic rings. The number of para-hydroxylation sites is 6. The Morgan fingerprint density at radius 1 is 0.202 bits per heavy atom. The molecule has 0 radical (unpaired) electrons. The third kappa shape index (κ3) is 8.25. The third-order valence-corrected chi connectivity index (χ3v) is 16.4. The van der Waals surface area contributed by atoms with Crippen molar-refractivity contribution in [3.8, 4) is 90.0 Å². The average Bonchev–Trinajstić information content (AvgIpc) is 3.95. The average molecular weight is 1080 g/mol. The number of nitrogens with zero attached hydrogens (tertiary/aromatic N) is 6. The second-order valence-electron chi connectivity index (χ2n) is 21.4. The Kier molecular flexibility index (Phi) is 11.5. The summed E-state index contributed by atoms with van der Waals surface area (Å²) in [6.07, 6.45) is 0. The van der Waals surface area contributed by atoms with Crippen LogP contribution in [-0.4, -0.2) is 28.2 Å². The van der Waals surface area contributed by atoms with Crippen LogP contribution < -0.4 is 5.69 Å². The molecule has 0 aliphatic heterocycles. The summed E-state index contributed by atoms with van der Waals surface area (Å²) in [5.41, 5.74) is 21.3. The summed E-state index contributed by atoms with van der Waals surface area (Å²) >= 11 is 0. The van der Waals surface area contributed by atoms with Crippen molar-refractivity contribution in [1.29, 1.82) is 0 Å². The lowest BCUT2D eigenvalue weighted by atomic mass is 9.99. The van der Waals surface area contributed by atoms with Crippen molar-refractivity contribution in [3.05, 3.63) is 314 Å². The van der Waals surface area contributed by atoms with Gasteiger partial charge < -0.3 is 9.13 Å². The minimum Gasteiger partial charge on any atom is -0.309 e. The van der Waals surface area contributed by atoms with Crippen molar-refractivity contribution >= 4 is 54.6 Å². The second-order valence-corrected chi connectivity index (χ2v) is 21.4. The predicted octanol–water partition coefficient (Wildman–Crippen LogP) is 18.8. The van der Waals surface area contributed by atoms with E-state index in [2.05, 4.69) is 252 Å². The molecule has 0 spiro atoms. The van der Waals surface area contributed by atoms with E-state index in [1.54, 1.807) is 9.13 Å². The molecular weight excluding hydrogens is 1020 g/mol. The van der Waals surface area contributed by atoms with Gasteiger partial charge in [-0.05, 0) is 131 Å². The van der Waals surface area contributed by atoms with Crippen molar-refractivity contribution in [3.63, 3.8) is 0 Å². The molecule has 394 valence electrons. The van der Waals surface area contributed by atoms with E-state index in [9.17, 15) is 0 Å². The Hall–Kier alpha value is -11.4. The van der Waals surface area contributed by atoms with Crippen molar-refractivity contribution in [2.24, 2.45) is 0 Å². The highest BCUT2D eigenvalue weighted by Crippen LogP contribution is 2.38. The molecule has 0 amide bonds. The fourth-order valence-electron chi connectivity index (χ4n) is 12.5. The molecule has 16 rings (SSSR count). The van der Waals surface area contributed by atoms with Gasteiger partial charge in [0.15, 0.2) is 0 Å². The van der Waals surface area contributed by atoms with Crippen LogP contribution in [0.5, 0.6) is 0 Å². The highest BCUT2D eigenvalue weighted by molar-refractivity contribution is 6.10. The summed E-state index contributed by atoms with van der Waals surface area (Å²) in [5.74, 6) is 0. The van der Waals surface area contributed by atoms with E-state index in [0.29, 0.717) is 0 Å². The summed E-state index contributed by atoms with van der Waals surface area (Å²) in [5, 5.41) is 4.88.